The first-order valence-corrected chi connectivity index (χ1v) is 20.8. The van der Waals surface area contributed by atoms with Crippen molar-refractivity contribution in [3.63, 3.8) is 0 Å². The van der Waals surface area contributed by atoms with Crippen molar-refractivity contribution < 1.29 is 0 Å². The smallest absolute Gasteiger partial charge is 0.252 e. The summed E-state index contributed by atoms with van der Waals surface area (Å²) < 4.78 is 5.03. The Balaban J connectivity index is 1.16. The van der Waals surface area contributed by atoms with Gasteiger partial charge in [-0.15, -0.1) is 0 Å². The lowest BCUT2D eigenvalue weighted by molar-refractivity contribution is 1.14. The van der Waals surface area contributed by atoms with Crippen LogP contribution in [0.4, 0.5) is 17.1 Å². The largest absolute Gasteiger partial charge is 0.311 e. The second kappa shape index (κ2) is 12.8. The summed E-state index contributed by atoms with van der Waals surface area (Å²) in [6.45, 7) is 0.0440. The molecule has 3 nitrogen and oxygen atoms in total. The Morgan fingerprint density at radius 1 is 0.333 bits per heavy atom. The molecule has 11 aromatic rings. The fraction of sp³-hybridized carbons (Fsp3) is 0. The highest BCUT2D eigenvalue weighted by atomic mass is 15.2. The second-order valence-electron chi connectivity index (χ2n) is 16.0. The maximum Gasteiger partial charge on any atom is 0.252 e. The van der Waals surface area contributed by atoms with Crippen LogP contribution in [0.15, 0.2) is 218 Å². The standard InChI is InChI=1S/C56H36BN3/c1-4-18-37(19-5-1)53-45-28-17-30-47-56(45)60(55(53)38-20-6-2-7-21-38)52-36-40(35-51-54(52)57(47)46-29-12-15-33-50(46)58(51)41-23-8-3-9-24-41)39-22-16-25-42(34-39)59-48-31-13-10-26-43(48)44-27-11-14-32-49(44)59/h1-36H. The molecule has 4 heteroatoms. The number of benzene rings is 9. The molecule has 0 fully saturated rings. The lowest BCUT2D eigenvalue weighted by Crippen LogP contribution is -2.60. The Bertz CT molecular complexity index is 3440. The zero-order valence-electron chi connectivity index (χ0n) is 32.7. The zero-order chi connectivity index (χ0) is 39.3. The monoisotopic (exact) mass is 761 g/mol. The van der Waals surface area contributed by atoms with Crippen molar-refractivity contribution in [2.24, 2.45) is 0 Å². The number of nitrogens with zero attached hydrogens (tertiary/aromatic N) is 3. The number of hydrogen-bond donors (Lipinski definition) is 0. The number of fused-ring (bicyclic) bond motifs is 7. The molecule has 2 aliphatic heterocycles. The summed E-state index contributed by atoms with van der Waals surface area (Å²) in [6.07, 6.45) is 0. The van der Waals surface area contributed by atoms with Crippen LogP contribution in [0.1, 0.15) is 0 Å². The molecule has 0 saturated carbocycles. The van der Waals surface area contributed by atoms with E-state index < -0.39 is 0 Å². The SMILES string of the molecule is c1ccc(-c2c(-c3ccccc3)n3c4c(cccc24)B2c4ccccc4N(c4ccccc4)c4cc(-c5cccc(-n6c7ccccc7c7ccccc76)c5)cc-3c42)cc1. The number of hydrogen-bond acceptors (Lipinski definition) is 1. The van der Waals surface area contributed by atoms with Gasteiger partial charge in [-0.2, -0.15) is 0 Å². The van der Waals surface area contributed by atoms with Crippen LogP contribution in [0.5, 0.6) is 0 Å². The lowest BCUT2D eigenvalue weighted by Gasteiger charge is -2.40. The summed E-state index contributed by atoms with van der Waals surface area (Å²) in [5, 5.41) is 3.79. The molecule has 2 aliphatic rings. The molecule has 13 rings (SSSR count). The van der Waals surface area contributed by atoms with Gasteiger partial charge in [0.25, 0.3) is 6.71 Å². The predicted molar refractivity (Wildman–Crippen MR) is 253 cm³/mol. The van der Waals surface area contributed by atoms with Gasteiger partial charge in [-0.1, -0.05) is 164 Å². The molecule has 2 aromatic heterocycles. The molecule has 4 heterocycles. The number of anilines is 3. The molecule has 0 spiro atoms. The van der Waals surface area contributed by atoms with Gasteiger partial charge in [-0.25, -0.2) is 0 Å². The highest BCUT2D eigenvalue weighted by molar-refractivity contribution is 7.00. The Labute approximate surface area is 348 Å². The summed E-state index contributed by atoms with van der Waals surface area (Å²) >= 11 is 0. The molecule has 0 radical (unpaired) electrons. The van der Waals surface area contributed by atoms with E-state index in [2.05, 4.69) is 232 Å². The average Bonchev–Trinajstić information content (AvgIpc) is 3.85. The summed E-state index contributed by atoms with van der Waals surface area (Å²) in [6, 6.07) is 80.5. The molecule has 0 aliphatic carbocycles. The van der Waals surface area contributed by atoms with Gasteiger partial charge in [0.15, 0.2) is 0 Å². The van der Waals surface area contributed by atoms with E-state index in [4.69, 9.17) is 0 Å². The molecular weight excluding hydrogens is 725 g/mol. The van der Waals surface area contributed by atoms with Crippen molar-refractivity contribution in [1.82, 2.24) is 9.13 Å². The second-order valence-corrected chi connectivity index (χ2v) is 16.0. The first-order valence-electron chi connectivity index (χ1n) is 20.8. The Morgan fingerprint density at radius 2 is 0.883 bits per heavy atom. The van der Waals surface area contributed by atoms with Crippen LogP contribution in [0.3, 0.4) is 0 Å². The van der Waals surface area contributed by atoms with E-state index in [0.29, 0.717) is 0 Å². The molecule has 0 N–H and O–H groups in total. The fourth-order valence-corrected chi connectivity index (χ4v) is 10.5. The topological polar surface area (TPSA) is 13.1 Å². The van der Waals surface area contributed by atoms with Crippen molar-refractivity contribution in [2.75, 3.05) is 4.90 Å². The van der Waals surface area contributed by atoms with Gasteiger partial charge in [0, 0.05) is 55.7 Å². The summed E-state index contributed by atoms with van der Waals surface area (Å²) in [7, 11) is 0. The van der Waals surface area contributed by atoms with Gasteiger partial charge in [0.1, 0.15) is 0 Å². The molecule has 0 unspecified atom stereocenters. The minimum Gasteiger partial charge on any atom is -0.311 e. The molecule has 0 bridgehead atoms. The predicted octanol–water partition coefficient (Wildman–Crippen LogP) is 12.3. The molecule has 0 amide bonds. The molecule has 60 heavy (non-hydrogen) atoms. The maximum absolute atomic E-state index is 2.61. The van der Waals surface area contributed by atoms with Gasteiger partial charge < -0.3 is 14.0 Å². The van der Waals surface area contributed by atoms with Gasteiger partial charge in [-0.05, 0) is 93.2 Å². The van der Waals surface area contributed by atoms with Crippen molar-refractivity contribution in [1.29, 1.82) is 0 Å². The van der Waals surface area contributed by atoms with Gasteiger partial charge >= 0.3 is 0 Å². The minimum atomic E-state index is 0.0440. The number of aromatic nitrogens is 2. The Kier molecular flexibility index (Phi) is 7.10. The third-order valence-electron chi connectivity index (χ3n) is 12.9. The molecular formula is C56H36BN3. The third-order valence-corrected chi connectivity index (χ3v) is 12.9. The van der Waals surface area contributed by atoms with Crippen molar-refractivity contribution >= 4 is 72.9 Å². The summed E-state index contributed by atoms with van der Waals surface area (Å²) in [5.74, 6) is 0. The average molecular weight is 762 g/mol. The maximum atomic E-state index is 2.61. The van der Waals surface area contributed by atoms with Crippen molar-refractivity contribution in [3.05, 3.63) is 218 Å². The van der Waals surface area contributed by atoms with Crippen LogP contribution in [0, 0.1) is 0 Å². The molecule has 0 atom stereocenters. The van der Waals surface area contributed by atoms with E-state index in [0.717, 1.165) is 11.4 Å². The molecule has 278 valence electrons. The van der Waals surface area contributed by atoms with Crippen LogP contribution < -0.4 is 21.3 Å². The Morgan fingerprint density at radius 3 is 1.63 bits per heavy atom. The quantitative estimate of drug-likeness (QED) is 0.159. The van der Waals surface area contributed by atoms with Crippen LogP contribution in [0.25, 0.3) is 77.6 Å². The first-order chi connectivity index (χ1) is 29.8. The van der Waals surface area contributed by atoms with Gasteiger partial charge in [0.05, 0.1) is 16.7 Å². The molecule has 9 aromatic carbocycles. The number of rotatable bonds is 5. The lowest BCUT2D eigenvalue weighted by atomic mass is 9.33. The van der Waals surface area contributed by atoms with Crippen LogP contribution in [-0.2, 0) is 0 Å². The van der Waals surface area contributed by atoms with Gasteiger partial charge in [0.2, 0.25) is 0 Å². The van der Waals surface area contributed by atoms with Gasteiger partial charge in [-0.3, -0.25) is 0 Å². The van der Waals surface area contributed by atoms with Crippen LogP contribution in [0.2, 0.25) is 0 Å². The fourth-order valence-electron chi connectivity index (χ4n) is 10.5. The van der Waals surface area contributed by atoms with Crippen LogP contribution >= 0.6 is 0 Å². The van der Waals surface area contributed by atoms with E-state index in [-0.39, 0.29) is 6.71 Å². The first kappa shape index (κ1) is 33.2. The summed E-state index contributed by atoms with van der Waals surface area (Å²) in [5.41, 5.74) is 20.8. The summed E-state index contributed by atoms with van der Waals surface area (Å²) in [4.78, 5) is 2.50. The zero-order valence-corrected chi connectivity index (χ0v) is 32.7. The van der Waals surface area contributed by atoms with E-state index in [1.165, 1.54) is 99.7 Å². The highest BCUT2D eigenvalue weighted by Crippen LogP contribution is 2.47. The van der Waals surface area contributed by atoms with E-state index in [9.17, 15) is 0 Å². The van der Waals surface area contributed by atoms with E-state index in [1.807, 2.05) is 0 Å². The van der Waals surface area contributed by atoms with E-state index >= 15 is 0 Å². The minimum absolute atomic E-state index is 0.0440. The van der Waals surface area contributed by atoms with Crippen molar-refractivity contribution in [3.8, 4) is 44.9 Å². The van der Waals surface area contributed by atoms with Crippen molar-refractivity contribution in [2.45, 2.75) is 0 Å². The third kappa shape index (κ3) is 4.67. The highest BCUT2D eigenvalue weighted by Gasteiger charge is 2.43. The van der Waals surface area contributed by atoms with Crippen LogP contribution in [-0.4, -0.2) is 15.8 Å². The molecule has 0 saturated heterocycles. The number of para-hydroxylation sites is 5. The normalized spacial score (nSPS) is 12.6. The van der Waals surface area contributed by atoms with E-state index in [1.54, 1.807) is 0 Å². The Hall–Kier alpha value is -7.82.